The van der Waals surface area contributed by atoms with Gasteiger partial charge in [0.25, 0.3) is 0 Å². The third kappa shape index (κ3) is 4.18. The van der Waals surface area contributed by atoms with Crippen LogP contribution in [0, 0.1) is 25.5 Å². The lowest BCUT2D eigenvalue weighted by atomic mass is 10.1. The first-order valence-corrected chi connectivity index (χ1v) is 11.8. The molecular weight excluding hydrogens is 468 g/mol. The molecule has 4 heterocycles. The molecule has 4 aromatic rings. The molecule has 2 fully saturated rings. The van der Waals surface area contributed by atoms with Crippen molar-refractivity contribution in [1.82, 2.24) is 29.7 Å². The molecule has 2 atom stereocenters. The van der Waals surface area contributed by atoms with Gasteiger partial charge >= 0.3 is 0 Å². The minimum atomic E-state index is -0.733. The summed E-state index contributed by atoms with van der Waals surface area (Å²) in [5.41, 5.74) is 3.39. The van der Waals surface area contributed by atoms with E-state index < -0.39 is 17.9 Å². The van der Waals surface area contributed by atoms with Gasteiger partial charge < -0.3 is 14.4 Å². The second kappa shape index (κ2) is 8.82. The summed E-state index contributed by atoms with van der Waals surface area (Å²) in [6.45, 7) is 4.45. The maximum Gasteiger partial charge on any atom is 0.228 e. The second-order valence-electron chi connectivity index (χ2n) is 9.24. The molecular formula is C25H25F2N7O2. The van der Waals surface area contributed by atoms with Crippen LogP contribution in [0.2, 0.25) is 0 Å². The van der Waals surface area contributed by atoms with Crippen molar-refractivity contribution < 1.29 is 18.3 Å². The molecule has 1 aliphatic carbocycles. The molecule has 1 saturated carbocycles. The summed E-state index contributed by atoms with van der Waals surface area (Å²) in [7, 11) is 1.58. The van der Waals surface area contributed by atoms with E-state index in [9.17, 15) is 8.78 Å². The van der Waals surface area contributed by atoms with E-state index in [2.05, 4.69) is 20.1 Å². The molecule has 9 nitrogen and oxygen atoms in total. The SMILES string of the molecule is CO[C@@H]1CN(c2nc(-c3ccc(F)cc3F)c3nc(C)c(C)nc3n2)C[C@H](c2cnn(C3CC3)c2)O1. The van der Waals surface area contributed by atoms with Gasteiger partial charge in [-0.2, -0.15) is 10.1 Å². The van der Waals surface area contributed by atoms with E-state index in [0.717, 1.165) is 24.5 Å². The van der Waals surface area contributed by atoms with E-state index in [4.69, 9.17) is 14.5 Å². The van der Waals surface area contributed by atoms with E-state index in [0.29, 0.717) is 47.6 Å². The minimum Gasteiger partial charge on any atom is -0.354 e. The summed E-state index contributed by atoms with van der Waals surface area (Å²) in [4.78, 5) is 20.5. The maximum absolute atomic E-state index is 14.9. The van der Waals surface area contributed by atoms with Crippen molar-refractivity contribution in [1.29, 1.82) is 0 Å². The van der Waals surface area contributed by atoms with Crippen LogP contribution in [-0.4, -0.2) is 56.2 Å². The lowest BCUT2D eigenvalue weighted by molar-refractivity contribution is -0.164. The monoisotopic (exact) mass is 493 g/mol. The molecule has 2 aliphatic rings. The van der Waals surface area contributed by atoms with Crippen LogP contribution in [0.4, 0.5) is 14.7 Å². The number of anilines is 1. The second-order valence-corrected chi connectivity index (χ2v) is 9.24. The van der Waals surface area contributed by atoms with Gasteiger partial charge in [-0.3, -0.25) is 4.68 Å². The Morgan fingerprint density at radius 3 is 2.58 bits per heavy atom. The van der Waals surface area contributed by atoms with Gasteiger partial charge in [0.1, 0.15) is 28.9 Å². The fourth-order valence-corrected chi connectivity index (χ4v) is 4.37. The minimum absolute atomic E-state index is 0.126. The van der Waals surface area contributed by atoms with Crippen molar-refractivity contribution in [2.45, 2.75) is 45.1 Å². The maximum atomic E-state index is 14.9. The fourth-order valence-electron chi connectivity index (χ4n) is 4.37. The first kappa shape index (κ1) is 22.9. The number of fused-ring (bicyclic) bond motifs is 1. The normalized spacial score (nSPS) is 20.3. The Kier molecular flexibility index (Phi) is 5.60. The topological polar surface area (TPSA) is 91.1 Å². The van der Waals surface area contributed by atoms with Crippen LogP contribution in [0.3, 0.4) is 0 Å². The summed E-state index contributed by atoms with van der Waals surface area (Å²) < 4.78 is 42.2. The molecule has 36 heavy (non-hydrogen) atoms. The molecule has 0 unspecified atom stereocenters. The molecule has 0 radical (unpaired) electrons. The number of hydrogen-bond acceptors (Lipinski definition) is 8. The van der Waals surface area contributed by atoms with E-state index in [1.807, 2.05) is 35.8 Å². The third-order valence-electron chi connectivity index (χ3n) is 6.65. The van der Waals surface area contributed by atoms with E-state index >= 15 is 0 Å². The molecule has 0 amide bonds. The number of methoxy groups -OCH3 is 1. The van der Waals surface area contributed by atoms with Gasteiger partial charge in [0, 0.05) is 30.5 Å². The molecule has 1 aliphatic heterocycles. The zero-order valence-electron chi connectivity index (χ0n) is 20.2. The van der Waals surface area contributed by atoms with Crippen LogP contribution < -0.4 is 4.90 Å². The summed E-state index contributed by atoms with van der Waals surface area (Å²) in [5, 5.41) is 4.49. The molecule has 11 heteroatoms. The van der Waals surface area contributed by atoms with Gasteiger partial charge in [0.2, 0.25) is 5.95 Å². The lowest BCUT2D eigenvalue weighted by Gasteiger charge is -2.37. The predicted molar refractivity (Wildman–Crippen MR) is 127 cm³/mol. The molecule has 1 saturated heterocycles. The highest BCUT2D eigenvalue weighted by Crippen LogP contribution is 2.36. The average molecular weight is 494 g/mol. The first-order valence-electron chi connectivity index (χ1n) is 11.8. The number of halogens is 2. The Bertz CT molecular complexity index is 1460. The summed E-state index contributed by atoms with van der Waals surface area (Å²) in [5.74, 6) is -1.06. The molecule has 6 rings (SSSR count). The highest BCUT2D eigenvalue weighted by molar-refractivity contribution is 5.88. The van der Waals surface area contributed by atoms with Gasteiger partial charge in [-0.25, -0.2) is 23.7 Å². The summed E-state index contributed by atoms with van der Waals surface area (Å²) >= 11 is 0. The Labute approximate surface area is 206 Å². The number of rotatable bonds is 5. The van der Waals surface area contributed by atoms with Gasteiger partial charge in [-0.15, -0.1) is 0 Å². The summed E-state index contributed by atoms with van der Waals surface area (Å²) in [6.07, 6.45) is 5.23. The third-order valence-corrected chi connectivity index (χ3v) is 6.65. The van der Waals surface area contributed by atoms with Gasteiger partial charge in [-0.1, -0.05) is 0 Å². The van der Waals surface area contributed by atoms with Crippen molar-refractivity contribution in [3.63, 3.8) is 0 Å². The van der Waals surface area contributed by atoms with E-state index in [1.54, 1.807) is 7.11 Å². The number of nitrogens with zero attached hydrogens (tertiary/aromatic N) is 7. The van der Waals surface area contributed by atoms with Crippen molar-refractivity contribution in [3.05, 3.63) is 59.2 Å². The molecule has 3 aromatic heterocycles. The fraction of sp³-hybridized carbons (Fsp3) is 0.400. The smallest absolute Gasteiger partial charge is 0.228 e. The van der Waals surface area contributed by atoms with Gasteiger partial charge in [-0.05, 0) is 38.8 Å². The van der Waals surface area contributed by atoms with E-state index in [1.165, 1.54) is 12.1 Å². The largest absolute Gasteiger partial charge is 0.354 e. The van der Waals surface area contributed by atoms with Crippen molar-refractivity contribution in [2.75, 3.05) is 25.1 Å². The molecule has 0 bridgehead atoms. The first-order chi connectivity index (χ1) is 17.4. The Morgan fingerprint density at radius 1 is 1.03 bits per heavy atom. The number of benzene rings is 1. The van der Waals surface area contributed by atoms with Gasteiger partial charge in [0.15, 0.2) is 11.9 Å². The van der Waals surface area contributed by atoms with Crippen LogP contribution >= 0.6 is 0 Å². The van der Waals surface area contributed by atoms with Crippen molar-refractivity contribution >= 4 is 17.1 Å². The van der Waals surface area contributed by atoms with Crippen LogP contribution in [0.25, 0.3) is 22.4 Å². The predicted octanol–water partition coefficient (Wildman–Crippen LogP) is 4.06. The van der Waals surface area contributed by atoms with Crippen LogP contribution in [0.15, 0.2) is 30.6 Å². The van der Waals surface area contributed by atoms with Gasteiger partial charge in [0.05, 0.1) is 36.7 Å². The molecule has 1 aromatic carbocycles. The molecule has 186 valence electrons. The van der Waals surface area contributed by atoms with E-state index in [-0.39, 0.29) is 17.4 Å². The average Bonchev–Trinajstić information content (AvgIpc) is 3.60. The number of morpholine rings is 1. The number of hydrogen-bond donors (Lipinski definition) is 0. The quantitative estimate of drug-likeness (QED) is 0.411. The Hall–Kier alpha value is -3.57. The zero-order valence-corrected chi connectivity index (χ0v) is 20.2. The highest BCUT2D eigenvalue weighted by atomic mass is 19.1. The van der Waals surface area contributed by atoms with Crippen LogP contribution in [-0.2, 0) is 9.47 Å². The van der Waals surface area contributed by atoms with Crippen molar-refractivity contribution in [3.8, 4) is 11.3 Å². The van der Waals surface area contributed by atoms with Crippen molar-refractivity contribution in [2.24, 2.45) is 0 Å². The standard InChI is InChI=1S/C25H25F2N7O2/c1-13-14(2)30-24-23(29-13)22(18-7-4-16(26)8-19(18)27)31-25(32-24)33-11-20(36-21(12-33)35-3)15-9-28-34(10-15)17-5-6-17/h4,7-10,17,20-21H,5-6,11-12H2,1-3H3/t20-,21+/m1/s1. The summed E-state index contributed by atoms with van der Waals surface area (Å²) in [6, 6.07) is 3.85. The van der Waals surface area contributed by atoms with Crippen LogP contribution in [0.5, 0.6) is 0 Å². The molecule has 0 spiro atoms. The zero-order chi connectivity index (χ0) is 25.0. The highest BCUT2D eigenvalue weighted by Gasteiger charge is 2.33. The number of aromatic nitrogens is 6. The van der Waals surface area contributed by atoms with Crippen LogP contribution in [0.1, 0.15) is 41.9 Å². The number of ether oxygens (including phenoxy) is 2. The molecule has 0 N–H and O–H groups in total. The number of aryl methyl sites for hydroxylation is 2. The Balaban J connectivity index is 1.44. The lowest BCUT2D eigenvalue weighted by Crippen LogP contribution is -2.45. The Morgan fingerprint density at radius 2 is 1.83 bits per heavy atom.